The molecule has 1 saturated heterocycles. The lowest BCUT2D eigenvalue weighted by Crippen LogP contribution is -2.41. The topological polar surface area (TPSA) is 92.5 Å². The van der Waals surface area contributed by atoms with Gasteiger partial charge in [-0.2, -0.15) is 5.10 Å². The first kappa shape index (κ1) is 15.2. The maximum absolute atomic E-state index is 12.3. The molecule has 7 nitrogen and oxygen atoms in total. The van der Waals surface area contributed by atoms with E-state index in [2.05, 4.69) is 5.10 Å². The minimum atomic E-state index is -0.809. The van der Waals surface area contributed by atoms with Gasteiger partial charge in [-0.05, 0) is 25.3 Å². The van der Waals surface area contributed by atoms with Crippen molar-refractivity contribution >= 4 is 11.9 Å². The number of rotatable bonds is 4. The SMILES string of the molecule is CCCn1nc(C(=O)N2CCC(C(=O)O)CC2)ccc1=O. The van der Waals surface area contributed by atoms with Crippen LogP contribution in [0.1, 0.15) is 36.7 Å². The monoisotopic (exact) mass is 293 g/mol. The quantitative estimate of drug-likeness (QED) is 0.877. The molecule has 1 amide bonds. The van der Waals surface area contributed by atoms with Gasteiger partial charge in [0.25, 0.3) is 11.5 Å². The Kier molecular flexibility index (Phi) is 4.72. The molecule has 2 rings (SSSR count). The van der Waals surface area contributed by atoms with Crippen LogP contribution in [-0.4, -0.2) is 44.8 Å². The first-order chi connectivity index (χ1) is 10.0. The highest BCUT2D eigenvalue weighted by Gasteiger charge is 2.28. The van der Waals surface area contributed by atoms with Gasteiger partial charge in [0.2, 0.25) is 0 Å². The number of nitrogens with zero attached hydrogens (tertiary/aromatic N) is 3. The number of aryl methyl sites for hydroxylation is 1. The second kappa shape index (κ2) is 6.51. The van der Waals surface area contributed by atoms with Crippen molar-refractivity contribution in [3.63, 3.8) is 0 Å². The summed E-state index contributed by atoms with van der Waals surface area (Å²) < 4.78 is 1.29. The number of piperidine rings is 1. The Balaban J connectivity index is 2.09. The summed E-state index contributed by atoms with van der Waals surface area (Å²) in [6.45, 7) is 3.22. The van der Waals surface area contributed by atoms with Crippen molar-refractivity contribution in [1.82, 2.24) is 14.7 Å². The van der Waals surface area contributed by atoms with Crippen LogP contribution in [0.25, 0.3) is 0 Å². The van der Waals surface area contributed by atoms with Crippen molar-refractivity contribution in [2.24, 2.45) is 5.92 Å². The summed E-state index contributed by atoms with van der Waals surface area (Å²) in [5, 5.41) is 13.0. The van der Waals surface area contributed by atoms with Gasteiger partial charge in [0.15, 0.2) is 0 Å². The highest BCUT2D eigenvalue weighted by molar-refractivity contribution is 5.92. The molecule has 0 saturated carbocycles. The average molecular weight is 293 g/mol. The second-order valence-corrected chi connectivity index (χ2v) is 5.18. The molecule has 1 aromatic rings. The van der Waals surface area contributed by atoms with Gasteiger partial charge in [-0.15, -0.1) is 0 Å². The molecule has 2 heterocycles. The van der Waals surface area contributed by atoms with Crippen molar-refractivity contribution in [1.29, 1.82) is 0 Å². The third-order valence-electron chi connectivity index (χ3n) is 3.65. The molecule has 0 spiro atoms. The van der Waals surface area contributed by atoms with E-state index in [0.29, 0.717) is 32.5 Å². The number of hydrogen-bond acceptors (Lipinski definition) is 4. The van der Waals surface area contributed by atoms with Crippen molar-refractivity contribution in [2.45, 2.75) is 32.7 Å². The van der Waals surface area contributed by atoms with Gasteiger partial charge in [0.05, 0.1) is 5.92 Å². The smallest absolute Gasteiger partial charge is 0.306 e. The van der Waals surface area contributed by atoms with Crippen LogP contribution in [0.5, 0.6) is 0 Å². The molecule has 1 fully saturated rings. The first-order valence-electron chi connectivity index (χ1n) is 7.13. The zero-order valence-corrected chi connectivity index (χ0v) is 12.0. The molecule has 1 N–H and O–H groups in total. The Bertz CT molecular complexity index is 588. The molecule has 7 heteroatoms. The fourth-order valence-corrected chi connectivity index (χ4v) is 2.43. The summed E-state index contributed by atoms with van der Waals surface area (Å²) in [4.78, 5) is 36.4. The number of carbonyl (C=O) groups excluding carboxylic acids is 1. The van der Waals surface area contributed by atoms with Crippen LogP contribution in [0, 0.1) is 5.92 Å². The molecule has 1 aliphatic rings. The van der Waals surface area contributed by atoms with E-state index in [1.807, 2.05) is 6.92 Å². The predicted molar refractivity (Wildman–Crippen MR) is 75.1 cm³/mol. The molecule has 0 atom stereocenters. The van der Waals surface area contributed by atoms with E-state index in [-0.39, 0.29) is 23.1 Å². The Hall–Kier alpha value is -2.18. The molecular formula is C14H19N3O4. The number of hydrogen-bond donors (Lipinski definition) is 1. The van der Waals surface area contributed by atoms with E-state index in [1.165, 1.54) is 16.8 Å². The van der Waals surface area contributed by atoms with Gasteiger partial charge in [-0.3, -0.25) is 14.4 Å². The fraction of sp³-hybridized carbons (Fsp3) is 0.571. The Labute approximate surface area is 122 Å². The summed E-state index contributed by atoms with van der Waals surface area (Å²) in [6.07, 6.45) is 1.67. The van der Waals surface area contributed by atoms with E-state index in [1.54, 1.807) is 4.90 Å². The van der Waals surface area contributed by atoms with Gasteiger partial charge < -0.3 is 10.0 Å². The number of amides is 1. The van der Waals surface area contributed by atoms with Crippen LogP contribution in [0.15, 0.2) is 16.9 Å². The van der Waals surface area contributed by atoms with Crippen LogP contribution in [0.3, 0.4) is 0 Å². The Morgan fingerprint density at radius 2 is 2.00 bits per heavy atom. The number of aliphatic carboxylic acids is 1. The molecular weight excluding hydrogens is 274 g/mol. The lowest BCUT2D eigenvalue weighted by Gasteiger charge is -2.29. The van der Waals surface area contributed by atoms with Gasteiger partial charge in [-0.1, -0.05) is 6.92 Å². The first-order valence-corrected chi connectivity index (χ1v) is 7.13. The standard InChI is InChI=1S/C14H19N3O4/c1-2-7-17-12(18)4-3-11(15-17)13(19)16-8-5-10(6-9-16)14(20)21/h3-4,10H,2,5-9H2,1H3,(H,20,21). The third-order valence-corrected chi connectivity index (χ3v) is 3.65. The summed E-state index contributed by atoms with van der Waals surface area (Å²) >= 11 is 0. The van der Waals surface area contributed by atoms with Gasteiger partial charge in [0, 0.05) is 25.7 Å². The van der Waals surface area contributed by atoms with Crippen LogP contribution in [0.4, 0.5) is 0 Å². The minimum absolute atomic E-state index is 0.224. The predicted octanol–water partition coefficient (Wildman–Crippen LogP) is 0.590. The molecule has 0 bridgehead atoms. The van der Waals surface area contributed by atoms with Gasteiger partial charge in [-0.25, -0.2) is 4.68 Å². The molecule has 0 radical (unpaired) electrons. The lowest BCUT2D eigenvalue weighted by atomic mass is 9.97. The fourth-order valence-electron chi connectivity index (χ4n) is 2.43. The Morgan fingerprint density at radius 3 is 2.57 bits per heavy atom. The molecule has 0 aromatic carbocycles. The number of carboxylic acids is 1. The number of carboxylic acid groups (broad SMARTS) is 1. The Morgan fingerprint density at radius 1 is 1.33 bits per heavy atom. The van der Waals surface area contributed by atoms with Crippen molar-refractivity contribution < 1.29 is 14.7 Å². The molecule has 1 aromatic heterocycles. The number of likely N-dealkylation sites (tertiary alicyclic amines) is 1. The van der Waals surface area contributed by atoms with Crippen LogP contribution in [0.2, 0.25) is 0 Å². The molecule has 21 heavy (non-hydrogen) atoms. The second-order valence-electron chi connectivity index (χ2n) is 5.18. The van der Waals surface area contributed by atoms with E-state index in [4.69, 9.17) is 5.11 Å². The zero-order chi connectivity index (χ0) is 15.4. The summed E-state index contributed by atoms with van der Waals surface area (Å²) in [5.41, 5.74) is 0.00908. The molecule has 1 aliphatic heterocycles. The van der Waals surface area contributed by atoms with Crippen LogP contribution in [-0.2, 0) is 11.3 Å². The highest BCUT2D eigenvalue weighted by Crippen LogP contribution is 2.18. The van der Waals surface area contributed by atoms with Crippen molar-refractivity contribution in [2.75, 3.05) is 13.1 Å². The maximum Gasteiger partial charge on any atom is 0.306 e. The maximum atomic E-state index is 12.3. The molecule has 114 valence electrons. The van der Waals surface area contributed by atoms with E-state index < -0.39 is 5.97 Å². The van der Waals surface area contributed by atoms with E-state index in [0.717, 1.165) is 6.42 Å². The highest BCUT2D eigenvalue weighted by atomic mass is 16.4. The summed E-state index contributed by atoms with van der Waals surface area (Å²) in [5.74, 6) is -1.43. The van der Waals surface area contributed by atoms with E-state index >= 15 is 0 Å². The summed E-state index contributed by atoms with van der Waals surface area (Å²) in [7, 11) is 0. The van der Waals surface area contributed by atoms with E-state index in [9.17, 15) is 14.4 Å². The normalized spacial score (nSPS) is 16.0. The molecule has 0 aliphatic carbocycles. The van der Waals surface area contributed by atoms with Crippen molar-refractivity contribution in [3.8, 4) is 0 Å². The van der Waals surface area contributed by atoms with Crippen LogP contribution >= 0.6 is 0 Å². The van der Waals surface area contributed by atoms with Crippen LogP contribution < -0.4 is 5.56 Å². The van der Waals surface area contributed by atoms with Crippen molar-refractivity contribution in [3.05, 3.63) is 28.2 Å². The average Bonchev–Trinajstić information content (AvgIpc) is 2.49. The third kappa shape index (κ3) is 3.48. The number of aromatic nitrogens is 2. The van der Waals surface area contributed by atoms with Gasteiger partial charge in [0.1, 0.15) is 5.69 Å². The minimum Gasteiger partial charge on any atom is -0.481 e. The zero-order valence-electron chi connectivity index (χ0n) is 12.0. The number of carbonyl (C=O) groups is 2. The lowest BCUT2D eigenvalue weighted by molar-refractivity contribution is -0.143. The van der Waals surface area contributed by atoms with Gasteiger partial charge >= 0.3 is 5.97 Å². The largest absolute Gasteiger partial charge is 0.481 e. The molecule has 0 unspecified atom stereocenters. The summed E-state index contributed by atoms with van der Waals surface area (Å²) in [6, 6.07) is 2.78.